The number of halogens is 2. The van der Waals surface area contributed by atoms with E-state index in [0.29, 0.717) is 10.7 Å². The first-order valence-electron chi connectivity index (χ1n) is 7.12. The van der Waals surface area contributed by atoms with Crippen LogP contribution >= 0.6 is 31.9 Å². The van der Waals surface area contributed by atoms with E-state index in [1.807, 2.05) is 6.07 Å². The Morgan fingerprint density at radius 3 is 2.30 bits per heavy atom. The van der Waals surface area contributed by atoms with Crippen LogP contribution in [0.1, 0.15) is 43.0 Å². The van der Waals surface area contributed by atoms with Gasteiger partial charge in [-0.1, -0.05) is 41.8 Å². The van der Waals surface area contributed by atoms with Gasteiger partial charge in [0.2, 0.25) is 0 Å². The van der Waals surface area contributed by atoms with Crippen LogP contribution in [-0.4, -0.2) is 14.2 Å². The topological polar surface area (TPSA) is 18.5 Å². The van der Waals surface area contributed by atoms with Crippen molar-refractivity contribution < 1.29 is 9.47 Å². The number of benzene rings is 1. The van der Waals surface area contributed by atoms with Gasteiger partial charge in [0.05, 0.1) is 14.2 Å². The van der Waals surface area contributed by atoms with Crippen molar-refractivity contribution in [1.82, 2.24) is 0 Å². The maximum absolute atomic E-state index is 5.59. The predicted octanol–water partition coefficient (Wildman–Crippen LogP) is 5.73. The molecular weight excluding hydrogens is 384 g/mol. The highest BCUT2D eigenvalue weighted by Gasteiger charge is 2.28. The van der Waals surface area contributed by atoms with Crippen LogP contribution in [0, 0.1) is 11.8 Å². The number of methoxy groups -OCH3 is 2. The molecule has 1 unspecified atom stereocenters. The fourth-order valence-corrected chi connectivity index (χ4v) is 4.54. The minimum absolute atomic E-state index is 0.340. The lowest BCUT2D eigenvalue weighted by Crippen LogP contribution is -2.16. The van der Waals surface area contributed by atoms with Crippen LogP contribution in [0.4, 0.5) is 0 Å². The zero-order chi connectivity index (χ0) is 14.7. The Morgan fingerprint density at radius 1 is 1.10 bits per heavy atom. The molecule has 1 aliphatic rings. The Balaban J connectivity index is 2.25. The summed E-state index contributed by atoms with van der Waals surface area (Å²) in [6, 6.07) is 4.11. The highest BCUT2D eigenvalue weighted by molar-refractivity contribution is 9.10. The molecule has 0 spiro atoms. The van der Waals surface area contributed by atoms with E-state index >= 15 is 0 Å². The van der Waals surface area contributed by atoms with Crippen molar-refractivity contribution in [3.05, 3.63) is 22.2 Å². The average Bonchev–Trinajstić information content (AvgIpc) is 2.47. The van der Waals surface area contributed by atoms with Crippen LogP contribution in [0.3, 0.4) is 0 Å². The van der Waals surface area contributed by atoms with Crippen LogP contribution in [0.2, 0.25) is 0 Å². The molecule has 0 aromatic heterocycles. The summed E-state index contributed by atoms with van der Waals surface area (Å²) in [5.41, 5.74) is 1.21. The van der Waals surface area contributed by atoms with Crippen LogP contribution in [-0.2, 0) is 0 Å². The quantitative estimate of drug-likeness (QED) is 0.595. The van der Waals surface area contributed by atoms with E-state index in [2.05, 4.69) is 44.8 Å². The molecule has 112 valence electrons. The summed E-state index contributed by atoms with van der Waals surface area (Å²) in [5, 5.41) is 0. The average molecular weight is 406 g/mol. The van der Waals surface area contributed by atoms with E-state index in [4.69, 9.17) is 9.47 Å². The molecule has 20 heavy (non-hydrogen) atoms. The van der Waals surface area contributed by atoms with E-state index in [9.17, 15) is 0 Å². The Labute approximate surface area is 138 Å². The van der Waals surface area contributed by atoms with Gasteiger partial charge in [0.25, 0.3) is 0 Å². The van der Waals surface area contributed by atoms with Crippen molar-refractivity contribution in [2.45, 2.75) is 37.4 Å². The van der Waals surface area contributed by atoms with Crippen molar-refractivity contribution in [2.24, 2.45) is 11.8 Å². The highest BCUT2D eigenvalue weighted by Crippen LogP contribution is 2.48. The summed E-state index contributed by atoms with van der Waals surface area (Å²) >= 11 is 7.48. The van der Waals surface area contributed by atoms with E-state index in [1.54, 1.807) is 14.2 Å². The molecule has 0 saturated heterocycles. The fraction of sp³-hybridized carbons (Fsp3) is 0.625. The number of hydrogen-bond donors (Lipinski definition) is 0. The zero-order valence-corrected chi connectivity index (χ0v) is 15.5. The van der Waals surface area contributed by atoms with Gasteiger partial charge in [-0.2, -0.15) is 0 Å². The standard InChI is InChI=1S/C16H22Br2O2/c1-10-4-6-11(7-5-10)14(17)12-8-9-13(19-2)15(18)16(12)20-3/h8-11,14H,4-7H2,1-3H3. The monoisotopic (exact) mass is 404 g/mol. The first kappa shape index (κ1) is 16.2. The maximum atomic E-state index is 5.59. The minimum atomic E-state index is 0.340. The summed E-state index contributed by atoms with van der Waals surface area (Å²) in [4.78, 5) is 0.340. The number of rotatable bonds is 4. The first-order valence-corrected chi connectivity index (χ1v) is 8.83. The van der Waals surface area contributed by atoms with Crippen LogP contribution < -0.4 is 9.47 Å². The van der Waals surface area contributed by atoms with Gasteiger partial charge in [-0.25, -0.2) is 0 Å². The Kier molecular flexibility index (Phi) is 5.79. The van der Waals surface area contributed by atoms with E-state index in [0.717, 1.165) is 21.9 Å². The molecule has 2 nitrogen and oxygen atoms in total. The van der Waals surface area contributed by atoms with Gasteiger partial charge in [0.1, 0.15) is 16.0 Å². The third kappa shape index (κ3) is 3.33. The van der Waals surface area contributed by atoms with Crippen LogP contribution in [0.25, 0.3) is 0 Å². The zero-order valence-electron chi connectivity index (χ0n) is 12.3. The van der Waals surface area contributed by atoms with E-state index < -0.39 is 0 Å². The third-order valence-corrected chi connectivity index (χ3v) is 6.28. The smallest absolute Gasteiger partial charge is 0.141 e. The van der Waals surface area contributed by atoms with Crippen molar-refractivity contribution >= 4 is 31.9 Å². The molecule has 2 rings (SSSR count). The van der Waals surface area contributed by atoms with Crippen molar-refractivity contribution in [2.75, 3.05) is 14.2 Å². The Morgan fingerprint density at radius 2 is 1.75 bits per heavy atom. The van der Waals surface area contributed by atoms with Gasteiger partial charge in [0, 0.05) is 10.4 Å². The number of hydrogen-bond acceptors (Lipinski definition) is 2. The Hall–Kier alpha value is -0.220. The summed E-state index contributed by atoms with van der Waals surface area (Å²) in [5.74, 6) is 3.24. The molecule has 0 radical (unpaired) electrons. The normalized spacial score (nSPS) is 24.2. The lowest BCUT2D eigenvalue weighted by atomic mass is 9.80. The largest absolute Gasteiger partial charge is 0.495 e. The molecule has 1 aliphatic carbocycles. The molecule has 1 atom stereocenters. The fourth-order valence-electron chi connectivity index (χ4n) is 2.97. The summed E-state index contributed by atoms with van der Waals surface area (Å²) in [6.07, 6.45) is 5.21. The molecule has 0 N–H and O–H groups in total. The molecule has 1 fully saturated rings. The van der Waals surface area contributed by atoms with E-state index in [1.165, 1.54) is 31.2 Å². The van der Waals surface area contributed by atoms with Gasteiger partial charge in [-0.15, -0.1) is 0 Å². The molecule has 4 heteroatoms. The molecular formula is C16H22Br2O2. The lowest BCUT2D eigenvalue weighted by Gasteiger charge is -2.31. The molecule has 0 amide bonds. The van der Waals surface area contributed by atoms with Crippen LogP contribution in [0.5, 0.6) is 11.5 Å². The second kappa shape index (κ2) is 7.17. The molecule has 1 saturated carbocycles. The number of ether oxygens (including phenoxy) is 2. The van der Waals surface area contributed by atoms with Crippen molar-refractivity contribution in [1.29, 1.82) is 0 Å². The maximum Gasteiger partial charge on any atom is 0.141 e. The van der Waals surface area contributed by atoms with Crippen LogP contribution in [0.15, 0.2) is 16.6 Å². The summed E-state index contributed by atoms with van der Waals surface area (Å²) in [7, 11) is 3.39. The predicted molar refractivity (Wildman–Crippen MR) is 90.0 cm³/mol. The number of alkyl halides is 1. The summed E-state index contributed by atoms with van der Waals surface area (Å²) < 4.78 is 11.8. The second-order valence-electron chi connectivity index (χ2n) is 5.63. The van der Waals surface area contributed by atoms with Crippen molar-refractivity contribution in [3.63, 3.8) is 0 Å². The van der Waals surface area contributed by atoms with Gasteiger partial charge < -0.3 is 9.47 Å². The van der Waals surface area contributed by atoms with Gasteiger partial charge in [-0.3, -0.25) is 0 Å². The third-order valence-electron chi connectivity index (χ3n) is 4.29. The molecule has 0 aliphatic heterocycles. The molecule has 1 aromatic rings. The second-order valence-corrected chi connectivity index (χ2v) is 7.41. The molecule has 1 aromatic carbocycles. The minimum Gasteiger partial charge on any atom is -0.495 e. The Bertz CT molecular complexity index is 454. The van der Waals surface area contributed by atoms with Gasteiger partial charge in [-0.05, 0) is 46.7 Å². The van der Waals surface area contributed by atoms with Gasteiger partial charge in [0.15, 0.2) is 0 Å². The summed E-state index contributed by atoms with van der Waals surface area (Å²) in [6.45, 7) is 2.35. The SMILES string of the molecule is COc1ccc(C(Br)C2CCC(C)CC2)c(OC)c1Br. The molecule has 0 heterocycles. The highest BCUT2D eigenvalue weighted by atomic mass is 79.9. The lowest BCUT2D eigenvalue weighted by molar-refractivity contribution is 0.284. The van der Waals surface area contributed by atoms with Gasteiger partial charge >= 0.3 is 0 Å². The van der Waals surface area contributed by atoms with Crippen molar-refractivity contribution in [3.8, 4) is 11.5 Å². The van der Waals surface area contributed by atoms with E-state index in [-0.39, 0.29) is 0 Å². The first-order chi connectivity index (χ1) is 9.58. The molecule has 0 bridgehead atoms.